The second-order valence-corrected chi connectivity index (χ2v) is 7.23. The molecule has 0 saturated carbocycles. The number of benzene rings is 1. The number of para-hydroxylation sites is 1. The highest BCUT2D eigenvalue weighted by molar-refractivity contribution is 8.70. The molecule has 3 nitrogen and oxygen atoms in total. The first-order valence-corrected chi connectivity index (χ1v) is 7.48. The van der Waals surface area contributed by atoms with Gasteiger partial charge in [0.1, 0.15) is 0 Å². The molecule has 0 amide bonds. The molecular weight excluding hydrogens is 232 g/mol. The van der Waals surface area contributed by atoms with E-state index < -0.39 is 9.15 Å². The van der Waals surface area contributed by atoms with Crippen molar-refractivity contribution in [3.8, 4) is 5.75 Å². The van der Waals surface area contributed by atoms with Crippen LogP contribution in [0.3, 0.4) is 0 Å². The van der Waals surface area contributed by atoms with E-state index in [1.54, 1.807) is 6.07 Å². The average Bonchev–Trinajstić information content (AvgIpc) is 2.39. The molecule has 0 bridgehead atoms. The van der Waals surface area contributed by atoms with Crippen LogP contribution in [0.25, 0.3) is 0 Å². The zero-order chi connectivity index (χ0) is 11.1. The molecule has 82 valence electrons. The van der Waals surface area contributed by atoms with Crippen LogP contribution in [-0.4, -0.2) is 8.42 Å². The summed E-state index contributed by atoms with van der Waals surface area (Å²) in [6, 6.07) is 5.56. The van der Waals surface area contributed by atoms with Crippen molar-refractivity contribution in [3.63, 3.8) is 0 Å². The van der Waals surface area contributed by atoms with E-state index in [2.05, 4.69) is 13.8 Å². The first kappa shape index (κ1) is 10.8. The summed E-state index contributed by atoms with van der Waals surface area (Å²) in [6.45, 7) is 4.19. The Morgan fingerprint density at radius 1 is 1.40 bits per heavy atom. The van der Waals surface area contributed by atoms with Crippen LogP contribution in [0.15, 0.2) is 23.1 Å². The van der Waals surface area contributed by atoms with Crippen molar-refractivity contribution in [3.05, 3.63) is 23.8 Å². The van der Waals surface area contributed by atoms with Gasteiger partial charge in [-0.25, -0.2) is 0 Å². The van der Waals surface area contributed by atoms with Crippen LogP contribution >= 0.6 is 10.8 Å². The maximum atomic E-state index is 11.3. The van der Waals surface area contributed by atoms with Crippen molar-refractivity contribution >= 4 is 19.9 Å². The van der Waals surface area contributed by atoms with Crippen molar-refractivity contribution in [1.29, 1.82) is 0 Å². The van der Waals surface area contributed by atoms with Crippen molar-refractivity contribution in [2.24, 2.45) is 5.92 Å². The lowest BCUT2D eigenvalue weighted by Crippen LogP contribution is -2.00. The van der Waals surface area contributed by atoms with Gasteiger partial charge in [0.15, 0.2) is 5.75 Å². The van der Waals surface area contributed by atoms with Crippen molar-refractivity contribution in [2.45, 2.75) is 25.2 Å². The molecular formula is C10H12O3S2. The van der Waals surface area contributed by atoms with Gasteiger partial charge in [0, 0.05) is 10.8 Å². The molecule has 15 heavy (non-hydrogen) atoms. The van der Waals surface area contributed by atoms with E-state index in [0.29, 0.717) is 16.6 Å². The molecule has 5 heteroatoms. The first-order valence-electron chi connectivity index (χ1n) is 4.74. The molecule has 0 saturated heterocycles. The summed E-state index contributed by atoms with van der Waals surface area (Å²) in [5.74, 6) is 1.00. The summed E-state index contributed by atoms with van der Waals surface area (Å²) in [4.78, 5) is 0.702. The predicted octanol–water partition coefficient (Wildman–Crippen LogP) is 2.61. The standard InChI is InChI=1S/C10H12O3S2/c1-7(2)6-8-4-3-5-9-10(8)13-15(11,12)14-9/h3-5,7H,6H2,1-2H3. The number of fused-ring (bicyclic) bond motifs is 1. The monoisotopic (exact) mass is 244 g/mol. The summed E-state index contributed by atoms with van der Waals surface area (Å²) in [5, 5.41) is 0. The van der Waals surface area contributed by atoms with Crippen LogP contribution in [0.1, 0.15) is 19.4 Å². The van der Waals surface area contributed by atoms with Crippen LogP contribution in [-0.2, 0) is 15.6 Å². The van der Waals surface area contributed by atoms with Gasteiger partial charge in [0.25, 0.3) is 0 Å². The largest absolute Gasteiger partial charge is 0.373 e. The van der Waals surface area contributed by atoms with Gasteiger partial charge < -0.3 is 4.18 Å². The van der Waals surface area contributed by atoms with Gasteiger partial charge in [0.05, 0.1) is 4.90 Å². The summed E-state index contributed by atoms with van der Waals surface area (Å²) in [6.07, 6.45) is 0.833. The van der Waals surface area contributed by atoms with Gasteiger partial charge in [0.2, 0.25) is 0 Å². The highest BCUT2D eigenvalue weighted by Crippen LogP contribution is 2.44. The predicted molar refractivity (Wildman–Crippen MR) is 60.4 cm³/mol. The fraction of sp³-hybridized carbons (Fsp3) is 0.400. The lowest BCUT2D eigenvalue weighted by Gasteiger charge is -2.07. The Kier molecular flexibility index (Phi) is 2.68. The second kappa shape index (κ2) is 3.72. The van der Waals surface area contributed by atoms with Crippen LogP contribution in [0.4, 0.5) is 0 Å². The van der Waals surface area contributed by atoms with Gasteiger partial charge in [-0.3, -0.25) is 0 Å². The molecule has 0 aliphatic carbocycles. The normalized spacial score (nSPS) is 17.5. The van der Waals surface area contributed by atoms with E-state index >= 15 is 0 Å². The van der Waals surface area contributed by atoms with Crippen LogP contribution in [0, 0.1) is 5.92 Å². The minimum atomic E-state index is -3.45. The number of rotatable bonds is 2. The van der Waals surface area contributed by atoms with Crippen molar-refractivity contribution < 1.29 is 12.6 Å². The third kappa shape index (κ3) is 2.29. The first-order chi connectivity index (χ1) is 6.98. The summed E-state index contributed by atoms with van der Waals surface area (Å²) in [7, 11) is -2.66. The fourth-order valence-corrected chi connectivity index (χ4v) is 4.00. The Labute approximate surface area is 93.4 Å². The summed E-state index contributed by atoms with van der Waals surface area (Å²) >= 11 is 0. The Morgan fingerprint density at radius 2 is 2.13 bits per heavy atom. The van der Waals surface area contributed by atoms with E-state index in [0.717, 1.165) is 22.8 Å². The lowest BCUT2D eigenvalue weighted by molar-refractivity contribution is 0.496. The lowest BCUT2D eigenvalue weighted by atomic mass is 10.0. The zero-order valence-electron chi connectivity index (χ0n) is 8.56. The molecule has 0 spiro atoms. The molecule has 0 radical (unpaired) electrons. The van der Waals surface area contributed by atoms with Crippen molar-refractivity contribution in [2.75, 3.05) is 0 Å². The van der Waals surface area contributed by atoms with E-state index in [-0.39, 0.29) is 0 Å². The summed E-state index contributed by atoms with van der Waals surface area (Å²) < 4.78 is 27.5. The minimum Gasteiger partial charge on any atom is -0.373 e. The van der Waals surface area contributed by atoms with Gasteiger partial charge in [-0.2, -0.15) is 8.42 Å². The zero-order valence-corrected chi connectivity index (χ0v) is 10.2. The molecule has 1 heterocycles. The van der Waals surface area contributed by atoms with Crippen molar-refractivity contribution in [1.82, 2.24) is 0 Å². The Bertz CT molecular complexity index is 477. The molecule has 1 aromatic rings. The second-order valence-electron chi connectivity index (χ2n) is 3.92. The third-order valence-corrected chi connectivity index (χ3v) is 4.50. The Morgan fingerprint density at radius 3 is 2.80 bits per heavy atom. The molecule has 1 aromatic carbocycles. The van der Waals surface area contributed by atoms with E-state index in [1.807, 2.05) is 12.1 Å². The molecule has 0 fully saturated rings. The topological polar surface area (TPSA) is 43.4 Å². The number of hydrogen-bond donors (Lipinski definition) is 0. The highest BCUT2D eigenvalue weighted by Gasteiger charge is 2.29. The maximum absolute atomic E-state index is 11.3. The van der Waals surface area contributed by atoms with Gasteiger partial charge in [-0.15, -0.1) is 0 Å². The van der Waals surface area contributed by atoms with Gasteiger partial charge in [-0.1, -0.05) is 26.0 Å². The highest BCUT2D eigenvalue weighted by atomic mass is 33.2. The molecule has 2 rings (SSSR count). The van der Waals surface area contributed by atoms with E-state index in [9.17, 15) is 8.42 Å². The van der Waals surface area contributed by atoms with Crippen LogP contribution in [0.5, 0.6) is 5.75 Å². The van der Waals surface area contributed by atoms with Crippen LogP contribution in [0.2, 0.25) is 0 Å². The molecule has 0 N–H and O–H groups in total. The molecule has 0 aromatic heterocycles. The Balaban J connectivity index is 2.41. The van der Waals surface area contributed by atoms with Gasteiger partial charge in [-0.05, 0) is 24.0 Å². The van der Waals surface area contributed by atoms with E-state index in [1.165, 1.54) is 0 Å². The van der Waals surface area contributed by atoms with E-state index in [4.69, 9.17) is 4.18 Å². The molecule has 1 aliphatic heterocycles. The Hall–Kier alpha value is -0.680. The smallest absolute Gasteiger partial charge is 0.371 e. The third-order valence-electron chi connectivity index (χ3n) is 2.07. The molecule has 1 aliphatic rings. The molecule has 0 unspecified atom stereocenters. The summed E-state index contributed by atoms with van der Waals surface area (Å²) in [5.41, 5.74) is 0.969. The quantitative estimate of drug-likeness (QED) is 0.750. The maximum Gasteiger partial charge on any atom is 0.371 e. The number of hydrogen-bond acceptors (Lipinski definition) is 4. The van der Waals surface area contributed by atoms with Crippen LogP contribution < -0.4 is 4.18 Å². The minimum absolute atomic E-state index is 0.480. The molecule has 0 atom stereocenters. The average molecular weight is 244 g/mol. The van der Waals surface area contributed by atoms with Gasteiger partial charge >= 0.3 is 9.15 Å². The SMILES string of the molecule is CC(C)Cc1cccc2c1OS(=O)(=O)S2. The fourth-order valence-electron chi connectivity index (χ4n) is 1.55.